The van der Waals surface area contributed by atoms with Crippen molar-refractivity contribution < 1.29 is 4.79 Å². The van der Waals surface area contributed by atoms with Gasteiger partial charge in [-0.05, 0) is 35.2 Å². The summed E-state index contributed by atoms with van der Waals surface area (Å²) in [6.07, 6.45) is 0. The Morgan fingerprint density at radius 2 is 1.79 bits per heavy atom. The largest absolute Gasteiger partial charge is 0.381 e. The summed E-state index contributed by atoms with van der Waals surface area (Å²) in [5.74, 6) is 0.717. The quantitative estimate of drug-likeness (QED) is 0.434. The zero-order valence-corrected chi connectivity index (χ0v) is 16.6. The maximum atomic E-state index is 11.6. The Labute approximate surface area is 170 Å². The number of anilines is 1. The van der Waals surface area contributed by atoms with Crippen LogP contribution in [0.3, 0.4) is 0 Å². The monoisotopic (exact) mass is 384 g/mol. The lowest BCUT2D eigenvalue weighted by molar-refractivity contribution is 0.100. The first kappa shape index (κ1) is 18.7. The number of imidazole rings is 1. The highest BCUT2D eigenvalue weighted by Gasteiger charge is 2.12. The van der Waals surface area contributed by atoms with Gasteiger partial charge in [0.2, 0.25) is 0 Å². The lowest BCUT2D eigenvalue weighted by atomic mass is 10.0. The average Bonchev–Trinajstić information content (AvgIpc) is 3.17. The van der Waals surface area contributed by atoms with Crippen molar-refractivity contribution in [1.29, 1.82) is 0 Å². The van der Waals surface area contributed by atoms with Gasteiger partial charge in [0, 0.05) is 17.8 Å². The first-order valence-corrected chi connectivity index (χ1v) is 9.73. The molecule has 29 heavy (non-hydrogen) atoms. The van der Waals surface area contributed by atoms with Gasteiger partial charge in [-0.15, -0.1) is 0 Å². The zero-order valence-electron chi connectivity index (χ0n) is 16.6. The number of para-hydroxylation sites is 2. The number of benzene rings is 3. The molecule has 5 heteroatoms. The fourth-order valence-corrected chi connectivity index (χ4v) is 3.51. The van der Waals surface area contributed by atoms with Gasteiger partial charge in [-0.1, -0.05) is 62.4 Å². The summed E-state index contributed by atoms with van der Waals surface area (Å²) in [4.78, 5) is 19.5. The van der Waals surface area contributed by atoms with Crippen LogP contribution in [0, 0.1) is 0 Å². The Kier molecular flexibility index (Phi) is 5.04. The van der Waals surface area contributed by atoms with Crippen molar-refractivity contribution in [2.24, 2.45) is 5.73 Å². The summed E-state index contributed by atoms with van der Waals surface area (Å²) in [6, 6.07) is 22.0. The number of rotatable bonds is 6. The third-order valence-corrected chi connectivity index (χ3v) is 5.07. The lowest BCUT2D eigenvalue weighted by Crippen LogP contribution is -2.11. The maximum absolute atomic E-state index is 11.6. The van der Waals surface area contributed by atoms with Crippen LogP contribution in [0.1, 0.15) is 41.3 Å². The minimum Gasteiger partial charge on any atom is -0.381 e. The van der Waals surface area contributed by atoms with Crippen molar-refractivity contribution in [3.05, 3.63) is 83.4 Å². The van der Waals surface area contributed by atoms with Crippen molar-refractivity contribution in [3.8, 4) is 11.4 Å². The van der Waals surface area contributed by atoms with E-state index in [9.17, 15) is 4.79 Å². The van der Waals surface area contributed by atoms with E-state index in [4.69, 9.17) is 5.73 Å². The summed E-state index contributed by atoms with van der Waals surface area (Å²) in [6.45, 7) is 5.15. The molecule has 4 rings (SSSR count). The van der Waals surface area contributed by atoms with Crippen LogP contribution in [0.5, 0.6) is 0 Å². The molecular weight excluding hydrogens is 360 g/mol. The third kappa shape index (κ3) is 3.85. The predicted molar refractivity (Wildman–Crippen MR) is 118 cm³/mol. The molecule has 0 fully saturated rings. The van der Waals surface area contributed by atoms with E-state index in [0.717, 1.165) is 23.4 Å². The summed E-state index contributed by atoms with van der Waals surface area (Å²) in [5, 5.41) is 3.54. The van der Waals surface area contributed by atoms with Crippen LogP contribution in [0.2, 0.25) is 0 Å². The van der Waals surface area contributed by atoms with Crippen LogP contribution < -0.4 is 11.1 Å². The molecule has 0 radical (unpaired) electrons. The van der Waals surface area contributed by atoms with Gasteiger partial charge in [0.25, 0.3) is 5.91 Å². The summed E-state index contributed by atoms with van der Waals surface area (Å²) in [7, 11) is 0. The number of amides is 1. The summed E-state index contributed by atoms with van der Waals surface area (Å²) < 4.78 is 0. The molecule has 0 saturated carbocycles. The Hall–Kier alpha value is -3.60. The van der Waals surface area contributed by atoms with Crippen molar-refractivity contribution in [2.75, 3.05) is 5.32 Å². The molecule has 0 aliphatic heterocycles. The molecule has 1 amide bonds. The number of nitrogens with one attached hydrogen (secondary N) is 2. The van der Waals surface area contributed by atoms with Gasteiger partial charge in [-0.3, -0.25) is 4.79 Å². The van der Waals surface area contributed by atoms with E-state index in [1.165, 1.54) is 16.8 Å². The van der Waals surface area contributed by atoms with Crippen LogP contribution in [-0.2, 0) is 6.54 Å². The van der Waals surface area contributed by atoms with Crippen LogP contribution in [-0.4, -0.2) is 15.9 Å². The van der Waals surface area contributed by atoms with E-state index >= 15 is 0 Å². The first-order chi connectivity index (χ1) is 14.0. The van der Waals surface area contributed by atoms with Crippen molar-refractivity contribution in [1.82, 2.24) is 9.97 Å². The molecule has 0 atom stereocenters. The normalized spacial score (nSPS) is 11.1. The van der Waals surface area contributed by atoms with E-state index in [0.29, 0.717) is 17.0 Å². The highest BCUT2D eigenvalue weighted by atomic mass is 16.1. The SMILES string of the molecule is CC(C)c1ccccc1NCc1ccc(-c2nc3c(C(N)=O)cccc3[nH]2)cc1. The number of nitrogens with two attached hydrogens (primary N) is 1. The number of primary amides is 1. The molecule has 0 spiro atoms. The highest BCUT2D eigenvalue weighted by Crippen LogP contribution is 2.25. The van der Waals surface area contributed by atoms with Gasteiger partial charge in [0.15, 0.2) is 0 Å². The maximum Gasteiger partial charge on any atom is 0.250 e. The number of carbonyl (C=O) groups excluding carboxylic acids is 1. The van der Waals surface area contributed by atoms with Gasteiger partial charge in [0.1, 0.15) is 11.3 Å². The number of carbonyl (C=O) groups is 1. The summed E-state index contributed by atoms with van der Waals surface area (Å²) >= 11 is 0. The number of nitrogens with zero attached hydrogens (tertiary/aromatic N) is 1. The number of fused-ring (bicyclic) bond motifs is 1. The molecule has 3 aromatic carbocycles. The predicted octanol–water partition coefficient (Wildman–Crippen LogP) is 5.06. The fraction of sp³-hybridized carbons (Fsp3) is 0.167. The van der Waals surface area contributed by atoms with Gasteiger partial charge in [-0.2, -0.15) is 0 Å². The van der Waals surface area contributed by atoms with Gasteiger partial charge in [0.05, 0.1) is 11.1 Å². The van der Waals surface area contributed by atoms with Crippen LogP contribution in [0.25, 0.3) is 22.4 Å². The second kappa shape index (κ2) is 7.80. The minimum absolute atomic E-state index is 0.426. The van der Waals surface area contributed by atoms with Crippen molar-refractivity contribution in [3.63, 3.8) is 0 Å². The molecule has 1 heterocycles. The van der Waals surface area contributed by atoms with Gasteiger partial charge < -0.3 is 16.0 Å². The summed E-state index contributed by atoms with van der Waals surface area (Å²) in [5.41, 5.74) is 11.9. The third-order valence-electron chi connectivity index (χ3n) is 5.07. The van der Waals surface area contributed by atoms with Gasteiger partial charge in [-0.25, -0.2) is 4.98 Å². The number of aromatic nitrogens is 2. The molecule has 0 bridgehead atoms. The van der Waals surface area contributed by atoms with Crippen LogP contribution in [0.15, 0.2) is 66.7 Å². The molecule has 0 saturated heterocycles. The van der Waals surface area contributed by atoms with E-state index in [1.54, 1.807) is 12.1 Å². The smallest absolute Gasteiger partial charge is 0.250 e. The molecule has 1 aromatic heterocycles. The molecule has 0 aliphatic rings. The number of hydrogen-bond donors (Lipinski definition) is 3. The fourth-order valence-electron chi connectivity index (χ4n) is 3.51. The van der Waals surface area contributed by atoms with E-state index in [2.05, 4.69) is 65.5 Å². The molecular formula is C24H24N4O. The van der Waals surface area contributed by atoms with E-state index in [-0.39, 0.29) is 0 Å². The number of hydrogen-bond acceptors (Lipinski definition) is 3. The zero-order chi connectivity index (χ0) is 20.4. The molecule has 146 valence electrons. The second-order valence-electron chi connectivity index (χ2n) is 7.44. The van der Waals surface area contributed by atoms with E-state index in [1.807, 2.05) is 18.2 Å². The van der Waals surface area contributed by atoms with E-state index < -0.39 is 5.91 Å². The Bertz CT molecular complexity index is 1160. The van der Waals surface area contributed by atoms with Gasteiger partial charge >= 0.3 is 0 Å². The molecule has 4 N–H and O–H groups in total. The highest BCUT2D eigenvalue weighted by molar-refractivity contribution is 6.04. The van der Waals surface area contributed by atoms with Crippen molar-refractivity contribution in [2.45, 2.75) is 26.3 Å². The average molecular weight is 384 g/mol. The van der Waals surface area contributed by atoms with Crippen molar-refractivity contribution >= 4 is 22.6 Å². The van der Waals surface area contributed by atoms with Crippen LogP contribution >= 0.6 is 0 Å². The number of aromatic amines is 1. The van der Waals surface area contributed by atoms with Crippen LogP contribution in [0.4, 0.5) is 5.69 Å². The molecule has 0 unspecified atom stereocenters. The standard InChI is InChI=1S/C24H24N4O/c1-15(2)18-6-3-4-8-20(18)26-14-16-10-12-17(13-11-16)24-27-21-9-5-7-19(23(25)29)22(21)28-24/h3-13,15,26H,14H2,1-2H3,(H2,25,29)(H,27,28). The Morgan fingerprint density at radius 1 is 1.03 bits per heavy atom. The first-order valence-electron chi connectivity index (χ1n) is 9.73. The minimum atomic E-state index is -0.475. The molecule has 0 aliphatic carbocycles. The Morgan fingerprint density at radius 3 is 2.52 bits per heavy atom. The number of H-pyrrole nitrogens is 1. The topological polar surface area (TPSA) is 83.8 Å². The molecule has 5 nitrogen and oxygen atoms in total. The lowest BCUT2D eigenvalue weighted by Gasteiger charge is -2.14. The Balaban J connectivity index is 1.54. The second-order valence-corrected chi connectivity index (χ2v) is 7.44. The molecule has 4 aromatic rings.